The van der Waals surface area contributed by atoms with E-state index in [0.29, 0.717) is 12.2 Å². The van der Waals surface area contributed by atoms with Crippen LogP contribution in [0.15, 0.2) is 48.5 Å². The summed E-state index contributed by atoms with van der Waals surface area (Å²) in [7, 11) is 1.90. The highest BCUT2D eigenvalue weighted by Gasteiger charge is 2.31. The van der Waals surface area contributed by atoms with Crippen LogP contribution in [0.2, 0.25) is 0 Å². The van der Waals surface area contributed by atoms with E-state index in [1.165, 1.54) is 12.1 Å². The molecule has 0 bridgehead atoms. The number of benzene rings is 2. The van der Waals surface area contributed by atoms with Gasteiger partial charge in [0.2, 0.25) is 0 Å². The Labute approximate surface area is 163 Å². The Kier molecular flexibility index (Phi) is 5.85. The predicted molar refractivity (Wildman–Crippen MR) is 101 cm³/mol. The highest BCUT2D eigenvalue weighted by Crippen LogP contribution is 2.24. The summed E-state index contributed by atoms with van der Waals surface area (Å²) in [5, 5.41) is 3.65. The molecule has 0 fully saturated rings. The van der Waals surface area contributed by atoms with Gasteiger partial charge in [-0.05, 0) is 43.3 Å². The number of thiazole rings is 1. The molecule has 2 N–H and O–H groups in total. The number of anilines is 1. The predicted octanol–water partition coefficient (Wildman–Crippen LogP) is 3.24. The summed E-state index contributed by atoms with van der Waals surface area (Å²) >= 11 is 1.60. The van der Waals surface area contributed by atoms with E-state index < -0.39 is 6.36 Å². The van der Waals surface area contributed by atoms with Crippen molar-refractivity contribution in [2.75, 3.05) is 12.4 Å². The van der Waals surface area contributed by atoms with E-state index >= 15 is 0 Å². The monoisotopic (exact) mass is 410 g/mol. The van der Waals surface area contributed by atoms with Crippen LogP contribution < -0.4 is 15.0 Å². The largest absolute Gasteiger partial charge is 0.573 e. The van der Waals surface area contributed by atoms with Crippen molar-refractivity contribution >= 4 is 33.1 Å². The molecule has 1 amide bonds. The minimum atomic E-state index is -4.74. The van der Waals surface area contributed by atoms with Gasteiger partial charge < -0.3 is 15.0 Å². The number of likely N-dealkylation sites (N-methyl/N-ethyl adjacent to an activating group) is 1. The van der Waals surface area contributed by atoms with Crippen LogP contribution in [0.1, 0.15) is 11.9 Å². The third-order valence-corrected chi connectivity index (χ3v) is 5.29. The van der Waals surface area contributed by atoms with E-state index in [-0.39, 0.29) is 17.7 Å². The fourth-order valence-electron chi connectivity index (χ4n) is 2.60. The number of hydrogen-bond acceptors (Lipinski definition) is 4. The Bertz CT molecular complexity index is 924. The molecule has 0 aliphatic carbocycles. The highest BCUT2D eigenvalue weighted by atomic mass is 32.1. The van der Waals surface area contributed by atoms with Crippen molar-refractivity contribution < 1.29 is 27.6 Å². The average molecular weight is 410 g/mol. The number of aromatic nitrogens is 1. The molecule has 148 valence electrons. The second-order valence-corrected chi connectivity index (χ2v) is 7.50. The Hall–Kier alpha value is -2.65. The minimum absolute atomic E-state index is 0.233. The zero-order chi connectivity index (χ0) is 20.3. The summed E-state index contributed by atoms with van der Waals surface area (Å²) in [6.07, 6.45) is -4.74. The van der Waals surface area contributed by atoms with Gasteiger partial charge in [0.1, 0.15) is 17.3 Å². The van der Waals surface area contributed by atoms with E-state index in [1.807, 2.05) is 31.3 Å². The van der Waals surface area contributed by atoms with Gasteiger partial charge in [0.15, 0.2) is 6.04 Å². The molecule has 5 nitrogen and oxygen atoms in total. The van der Waals surface area contributed by atoms with Crippen LogP contribution >= 0.6 is 11.3 Å². The van der Waals surface area contributed by atoms with Crippen LogP contribution in [0, 0.1) is 0 Å². The zero-order valence-corrected chi connectivity index (χ0v) is 16.0. The molecule has 9 heteroatoms. The van der Waals surface area contributed by atoms with E-state index in [4.69, 9.17) is 0 Å². The van der Waals surface area contributed by atoms with Gasteiger partial charge in [-0.15, -0.1) is 24.5 Å². The summed E-state index contributed by atoms with van der Waals surface area (Å²) in [5.74, 6) is -0.569. The van der Waals surface area contributed by atoms with Crippen molar-refractivity contribution in [1.29, 1.82) is 0 Å². The fraction of sp³-hybridized carbons (Fsp3) is 0.263. The summed E-state index contributed by atoms with van der Waals surface area (Å²) in [5.41, 5.74) is 1.34. The molecule has 2 aromatic carbocycles. The van der Waals surface area contributed by atoms with Gasteiger partial charge in [0.05, 0.1) is 17.3 Å². The number of alkyl halides is 3. The van der Waals surface area contributed by atoms with Crippen molar-refractivity contribution in [1.82, 2.24) is 4.98 Å². The molecule has 0 saturated carbocycles. The molecule has 2 atom stereocenters. The third-order valence-electron chi connectivity index (χ3n) is 4.26. The van der Waals surface area contributed by atoms with Crippen molar-refractivity contribution in [2.24, 2.45) is 0 Å². The number of para-hydroxylation sites is 1. The second kappa shape index (κ2) is 8.15. The van der Waals surface area contributed by atoms with Crippen LogP contribution in [0.25, 0.3) is 10.2 Å². The Balaban J connectivity index is 1.58. The maximum atomic E-state index is 12.5. The van der Waals surface area contributed by atoms with Crippen molar-refractivity contribution in [3.63, 3.8) is 0 Å². The number of nitrogens with one attached hydrogen (secondary N) is 2. The Morgan fingerprint density at radius 3 is 2.54 bits per heavy atom. The van der Waals surface area contributed by atoms with E-state index in [2.05, 4.69) is 15.0 Å². The zero-order valence-electron chi connectivity index (χ0n) is 15.2. The van der Waals surface area contributed by atoms with Crippen molar-refractivity contribution in [3.8, 4) is 5.75 Å². The van der Waals surface area contributed by atoms with Gasteiger partial charge in [-0.25, -0.2) is 4.98 Å². The van der Waals surface area contributed by atoms with Crippen LogP contribution in [0.4, 0.5) is 18.9 Å². The molecular weight excluding hydrogens is 391 g/mol. The summed E-state index contributed by atoms with van der Waals surface area (Å²) in [4.78, 5) is 18.0. The number of amides is 1. The van der Waals surface area contributed by atoms with Gasteiger partial charge in [-0.2, -0.15) is 0 Å². The summed E-state index contributed by atoms with van der Waals surface area (Å²) < 4.78 is 41.5. The number of fused-ring (bicyclic) bond motifs is 1. The maximum Gasteiger partial charge on any atom is 0.573 e. The number of nitrogens with zero attached hydrogens (tertiary/aromatic N) is 1. The molecule has 1 unspecified atom stereocenters. The topological polar surface area (TPSA) is 55.7 Å². The summed E-state index contributed by atoms with van der Waals surface area (Å²) in [6.45, 7) is 2.38. The standard InChI is InChI=1S/C19H18F3N3O2S/c1-12(25(2)11-17-24-15-5-3-4-6-16(15)28-17)18(26)23-13-7-9-14(10-8-13)27-19(20,21)22/h3-10,12H,11H2,1-2H3,(H,23,26)/p+1/t12-/m0/s1. The van der Waals surface area contributed by atoms with Gasteiger partial charge in [-0.3, -0.25) is 4.79 Å². The first-order valence-corrected chi connectivity index (χ1v) is 9.36. The molecule has 28 heavy (non-hydrogen) atoms. The molecule has 3 rings (SSSR count). The van der Waals surface area contributed by atoms with Crippen LogP contribution in [0.5, 0.6) is 5.75 Å². The van der Waals surface area contributed by atoms with Crippen LogP contribution in [0.3, 0.4) is 0 Å². The number of rotatable bonds is 6. The number of quaternary nitrogens is 1. The SMILES string of the molecule is C[C@@H](C(=O)Nc1ccc(OC(F)(F)F)cc1)[NH+](C)Cc1nc2ccccc2s1. The summed E-state index contributed by atoms with van der Waals surface area (Å²) in [6, 6.07) is 12.5. The molecule has 0 saturated heterocycles. The van der Waals surface area contributed by atoms with Gasteiger partial charge >= 0.3 is 6.36 Å². The molecule has 0 aliphatic rings. The molecular formula is C19H19F3N3O2S+. The molecule has 0 radical (unpaired) electrons. The van der Waals surface area contributed by atoms with Crippen molar-refractivity contribution in [3.05, 3.63) is 53.5 Å². The first-order valence-electron chi connectivity index (χ1n) is 8.55. The number of carbonyl (C=O) groups is 1. The van der Waals surface area contributed by atoms with E-state index in [1.54, 1.807) is 18.3 Å². The minimum Gasteiger partial charge on any atom is -0.406 e. The average Bonchev–Trinajstić information content (AvgIpc) is 3.03. The smallest absolute Gasteiger partial charge is 0.406 e. The fourth-order valence-corrected chi connectivity index (χ4v) is 3.66. The normalized spacial score (nSPS) is 13.9. The number of hydrogen-bond donors (Lipinski definition) is 2. The molecule has 1 aromatic heterocycles. The maximum absolute atomic E-state index is 12.5. The number of halogens is 3. The first-order chi connectivity index (χ1) is 13.2. The second-order valence-electron chi connectivity index (χ2n) is 6.38. The molecule has 0 spiro atoms. The van der Waals surface area contributed by atoms with E-state index in [9.17, 15) is 18.0 Å². The lowest BCUT2D eigenvalue weighted by atomic mass is 10.2. The lowest BCUT2D eigenvalue weighted by Crippen LogP contribution is -3.12. The molecule has 1 heterocycles. The molecule has 3 aromatic rings. The van der Waals surface area contributed by atoms with Crippen LogP contribution in [-0.2, 0) is 11.3 Å². The Morgan fingerprint density at radius 1 is 1.21 bits per heavy atom. The lowest BCUT2D eigenvalue weighted by molar-refractivity contribution is -0.907. The number of carbonyl (C=O) groups excluding carboxylic acids is 1. The van der Waals surface area contributed by atoms with Gasteiger partial charge in [-0.1, -0.05) is 12.1 Å². The third kappa shape index (κ3) is 5.20. The Morgan fingerprint density at radius 2 is 1.89 bits per heavy atom. The van der Waals surface area contributed by atoms with Gasteiger partial charge in [0, 0.05) is 5.69 Å². The highest BCUT2D eigenvalue weighted by molar-refractivity contribution is 7.18. The lowest BCUT2D eigenvalue weighted by Gasteiger charge is -2.20. The quantitative estimate of drug-likeness (QED) is 0.656. The van der Waals surface area contributed by atoms with Crippen LogP contribution in [-0.4, -0.2) is 30.3 Å². The van der Waals surface area contributed by atoms with E-state index in [0.717, 1.165) is 32.3 Å². The molecule has 0 aliphatic heterocycles. The first kappa shape index (κ1) is 20.1. The van der Waals surface area contributed by atoms with Gasteiger partial charge in [0.25, 0.3) is 5.91 Å². The number of ether oxygens (including phenoxy) is 1. The van der Waals surface area contributed by atoms with Crippen molar-refractivity contribution in [2.45, 2.75) is 25.9 Å².